The molecule has 20 heavy (non-hydrogen) atoms. The Labute approximate surface area is 113 Å². The molecule has 0 saturated heterocycles. The van der Waals surface area contributed by atoms with Crippen LogP contribution in [0.5, 0.6) is 0 Å². The summed E-state index contributed by atoms with van der Waals surface area (Å²) in [6.45, 7) is 0.163. The van der Waals surface area contributed by atoms with Crippen LogP contribution >= 0.6 is 0 Å². The van der Waals surface area contributed by atoms with Gasteiger partial charge in [-0.2, -0.15) is 18.3 Å². The van der Waals surface area contributed by atoms with E-state index in [-0.39, 0.29) is 12.1 Å². The fourth-order valence-electron chi connectivity index (χ4n) is 1.67. The molecule has 0 aliphatic rings. The van der Waals surface area contributed by atoms with Crippen LogP contribution in [0.15, 0.2) is 36.5 Å². The lowest BCUT2D eigenvalue weighted by molar-refractivity contribution is -0.137. The highest BCUT2D eigenvalue weighted by Gasteiger charge is 2.30. The molecule has 0 fully saturated rings. The number of benzene rings is 1. The topological polar surface area (TPSA) is 46.9 Å². The number of carbonyl (C=O) groups excluding carboxylic acids is 1. The predicted octanol–water partition coefficient (Wildman–Crippen LogP) is 2.37. The lowest BCUT2D eigenvalue weighted by Crippen LogP contribution is -2.23. The Morgan fingerprint density at radius 2 is 2.10 bits per heavy atom. The summed E-state index contributed by atoms with van der Waals surface area (Å²) in [4.78, 5) is 11.8. The summed E-state index contributed by atoms with van der Waals surface area (Å²) >= 11 is 0. The van der Waals surface area contributed by atoms with Gasteiger partial charge in [0.05, 0.1) is 17.8 Å². The van der Waals surface area contributed by atoms with Crippen molar-refractivity contribution in [2.45, 2.75) is 12.7 Å². The minimum Gasteiger partial charge on any atom is -0.346 e. The lowest BCUT2D eigenvalue weighted by Gasteiger charge is -2.08. The summed E-state index contributed by atoms with van der Waals surface area (Å²) in [5, 5.41) is 6.58. The molecule has 1 aromatic heterocycles. The molecule has 0 unspecified atom stereocenters. The number of aromatic nitrogens is 2. The molecule has 1 N–H and O–H groups in total. The van der Waals surface area contributed by atoms with Crippen molar-refractivity contribution in [1.29, 1.82) is 0 Å². The van der Waals surface area contributed by atoms with Crippen molar-refractivity contribution in [2.75, 3.05) is 0 Å². The van der Waals surface area contributed by atoms with Crippen LogP contribution in [0.1, 0.15) is 21.6 Å². The number of alkyl halides is 3. The second-order valence-electron chi connectivity index (χ2n) is 4.24. The third-order valence-corrected chi connectivity index (χ3v) is 2.65. The number of amides is 1. The van der Waals surface area contributed by atoms with E-state index in [9.17, 15) is 18.0 Å². The van der Waals surface area contributed by atoms with Gasteiger partial charge in [0.15, 0.2) is 0 Å². The van der Waals surface area contributed by atoms with Gasteiger partial charge in [-0.15, -0.1) is 0 Å². The number of hydrogen-bond acceptors (Lipinski definition) is 2. The summed E-state index contributed by atoms with van der Waals surface area (Å²) in [6, 6.07) is 6.01. The van der Waals surface area contributed by atoms with Crippen molar-refractivity contribution in [1.82, 2.24) is 15.1 Å². The first kappa shape index (κ1) is 14.1. The minimum absolute atomic E-state index is 0.0317. The number of rotatable bonds is 3. The summed E-state index contributed by atoms with van der Waals surface area (Å²) in [7, 11) is 1.73. The van der Waals surface area contributed by atoms with E-state index in [0.29, 0.717) is 5.69 Å². The van der Waals surface area contributed by atoms with Crippen LogP contribution in [0.4, 0.5) is 13.2 Å². The molecule has 0 atom stereocenters. The summed E-state index contributed by atoms with van der Waals surface area (Å²) < 4.78 is 39.2. The third kappa shape index (κ3) is 3.37. The SMILES string of the molecule is Cn1ccc(CNC(=O)c2cccc(C(F)(F)F)c2)n1. The van der Waals surface area contributed by atoms with Crippen molar-refractivity contribution in [2.24, 2.45) is 7.05 Å². The number of carbonyl (C=O) groups is 1. The van der Waals surface area contributed by atoms with E-state index in [4.69, 9.17) is 0 Å². The first-order valence-electron chi connectivity index (χ1n) is 5.80. The second kappa shape index (κ2) is 5.36. The van der Waals surface area contributed by atoms with E-state index >= 15 is 0 Å². The highest BCUT2D eigenvalue weighted by atomic mass is 19.4. The van der Waals surface area contributed by atoms with E-state index in [1.54, 1.807) is 24.0 Å². The molecular formula is C13H12F3N3O. The molecular weight excluding hydrogens is 271 g/mol. The first-order valence-corrected chi connectivity index (χ1v) is 5.80. The first-order chi connectivity index (χ1) is 9.36. The second-order valence-corrected chi connectivity index (χ2v) is 4.24. The van der Waals surface area contributed by atoms with Gasteiger partial charge in [-0.25, -0.2) is 0 Å². The number of halogens is 3. The minimum atomic E-state index is -4.46. The number of nitrogens with one attached hydrogen (secondary N) is 1. The van der Waals surface area contributed by atoms with E-state index in [0.717, 1.165) is 12.1 Å². The quantitative estimate of drug-likeness (QED) is 0.940. The van der Waals surface area contributed by atoms with Gasteiger partial charge in [0.25, 0.3) is 5.91 Å². The van der Waals surface area contributed by atoms with E-state index in [1.807, 2.05) is 0 Å². The van der Waals surface area contributed by atoms with Crippen molar-refractivity contribution in [3.63, 3.8) is 0 Å². The molecule has 2 aromatic rings. The Morgan fingerprint density at radius 1 is 1.35 bits per heavy atom. The fourth-order valence-corrected chi connectivity index (χ4v) is 1.67. The van der Waals surface area contributed by atoms with Gasteiger partial charge < -0.3 is 5.32 Å². The Bertz CT molecular complexity index is 619. The van der Waals surface area contributed by atoms with Gasteiger partial charge in [0.1, 0.15) is 0 Å². The third-order valence-electron chi connectivity index (χ3n) is 2.65. The summed E-state index contributed by atoms with van der Waals surface area (Å²) in [6.07, 6.45) is -2.75. The molecule has 0 aliphatic heterocycles. The van der Waals surface area contributed by atoms with Crippen LogP contribution in [0.3, 0.4) is 0 Å². The number of nitrogens with zero attached hydrogens (tertiary/aromatic N) is 2. The predicted molar refractivity (Wildman–Crippen MR) is 65.8 cm³/mol. The van der Waals surface area contributed by atoms with Crippen LogP contribution in [0.25, 0.3) is 0 Å². The highest BCUT2D eigenvalue weighted by Crippen LogP contribution is 2.29. The van der Waals surface area contributed by atoms with Crippen LogP contribution in [0, 0.1) is 0 Å². The standard InChI is InChI=1S/C13H12F3N3O/c1-19-6-5-11(18-19)8-17-12(20)9-3-2-4-10(7-9)13(14,15)16/h2-7H,8H2,1H3,(H,17,20). The Kier molecular flexibility index (Phi) is 3.78. The molecule has 0 saturated carbocycles. The van der Waals surface area contributed by atoms with Crippen molar-refractivity contribution >= 4 is 5.91 Å². The van der Waals surface area contributed by atoms with Gasteiger partial charge in [0, 0.05) is 18.8 Å². The lowest BCUT2D eigenvalue weighted by atomic mass is 10.1. The van der Waals surface area contributed by atoms with E-state index in [2.05, 4.69) is 10.4 Å². The van der Waals surface area contributed by atoms with Gasteiger partial charge in [-0.1, -0.05) is 6.07 Å². The molecule has 0 bridgehead atoms. The summed E-state index contributed by atoms with van der Waals surface area (Å²) in [5.41, 5.74) is -0.244. The van der Waals surface area contributed by atoms with Crippen LogP contribution < -0.4 is 5.32 Å². The normalized spacial score (nSPS) is 11.4. The molecule has 0 radical (unpaired) electrons. The molecule has 7 heteroatoms. The monoisotopic (exact) mass is 283 g/mol. The van der Waals surface area contributed by atoms with Crippen LogP contribution in [-0.4, -0.2) is 15.7 Å². The average Bonchev–Trinajstić information content (AvgIpc) is 2.81. The summed E-state index contributed by atoms with van der Waals surface area (Å²) in [5.74, 6) is -0.568. The molecule has 106 valence electrons. The average molecular weight is 283 g/mol. The molecule has 1 aromatic carbocycles. The fraction of sp³-hybridized carbons (Fsp3) is 0.231. The van der Waals surface area contributed by atoms with Crippen molar-refractivity contribution < 1.29 is 18.0 Å². The molecule has 2 rings (SSSR count). The zero-order valence-corrected chi connectivity index (χ0v) is 10.6. The van der Waals surface area contributed by atoms with Gasteiger partial charge in [0.2, 0.25) is 0 Å². The Balaban J connectivity index is 2.06. The maximum atomic E-state index is 12.5. The van der Waals surface area contributed by atoms with E-state index < -0.39 is 17.6 Å². The number of aryl methyl sites for hydroxylation is 1. The van der Waals surface area contributed by atoms with Crippen LogP contribution in [0.2, 0.25) is 0 Å². The molecule has 4 nitrogen and oxygen atoms in total. The van der Waals surface area contributed by atoms with Gasteiger partial charge >= 0.3 is 6.18 Å². The molecule has 0 spiro atoms. The van der Waals surface area contributed by atoms with Crippen molar-refractivity contribution in [3.05, 3.63) is 53.3 Å². The smallest absolute Gasteiger partial charge is 0.346 e. The zero-order valence-electron chi connectivity index (χ0n) is 10.6. The highest BCUT2D eigenvalue weighted by molar-refractivity contribution is 5.94. The largest absolute Gasteiger partial charge is 0.416 e. The van der Waals surface area contributed by atoms with Crippen LogP contribution in [-0.2, 0) is 19.8 Å². The van der Waals surface area contributed by atoms with Gasteiger partial charge in [-0.05, 0) is 24.3 Å². The maximum Gasteiger partial charge on any atom is 0.416 e. The van der Waals surface area contributed by atoms with E-state index in [1.165, 1.54) is 12.1 Å². The molecule has 0 aliphatic carbocycles. The number of hydrogen-bond donors (Lipinski definition) is 1. The zero-order chi connectivity index (χ0) is 14.8. The Morgan fingerprint density at radius 3 is 2.70 bits per heavy atom. The van der Waals surface area contributed by atoms with Crippen molar-refractivity contribution in [3.8, 4) is 0 Å². The molecule has 1 amide bonds. The molecule has 1 heterocycles. The Hall–Kier alpha value is -2.31. The van der Waals surface area contributed by atoms with Gasteiger partial charge in [-0.3, -0.25) is 9.48 Å². The maximum absolute atomic E-state index is 12.5.